The van der Waals surface area contributed by atoms with Crippen molar-refractivity contribution in [1.29, 1.82) is 0 Å². The van der Waals surface area contributed by atoms with Crippen LogP contribution < -0.4 is 10.6 Å². The molecule has 156 valence electrons. The Hall–Kier alpha value is -4.04. The van der Waals surface area contributed by atoms with Crippen LogP contribution in [0.4, 0.5) is 0 Å². The summed E-state index contributed by atoms with van der Waals surface area (Å²) in [5.41, 5.74) is 4.37. The van der Waals surface area contributed by atoms with Gasteiger partial charge in [-0.3, -0.25) is 19.6 Å². The van der Waals surface area contributed by atoms with Crippen molar-refractivity contribution in [2.45, 2.75) is 6.54 Å². The van der Waals surface area contributed by atoms with E-state index in [1.54, 1.807) is 30.7 Å². The average molecular weight is 415 g/mol. The minimum absolute atomic E-state index is 0.141. The molecule has 3 N–H and O–H groups in total. The fraction of sp³-hybridized carbons (Fsp3) is 0.130. The summed E-state index contributed by atoms with van der Waals surface area (Å²) in [6.07, 6.45) is 4.98. The first-order chi connectivity index (χ1) is 15.1. The third kappa shape index (κ3) is 4.76. The van der Waals surface area contributed by atoms with Gasteiger partial charge >= 0.3 is 0 Å². The Balaban J connectivity index is 1.52. The predicted octanol–water partition coefficient (Wildman–Crippen LogP) is 2.89. The smallest absolute Gasteiger partial charge is 0.270 e. The second-order valence-electron chi connectivity index (χ2n) is 6.89. The first-order valence-electron chi connectivity index (χ1n) is 9.67. The van der Waals surface area contributed by atoms with Crippen molar-refractivity contribution >= 4 is 22.7 Å². The number of hydrogen-bond acceptors (Lipinski definition) is 5. The molecule has 8 heteroatoms. The normalized spacial score (nSPS) is 10.7. The number of carbonyl (C=O) groups is 2. The van der Waals surface area contributed by atoms with Gasteiger partial charge in [-0.25, -0.2) is 0 Å². The Morgan fingerprint density at radius 3 is 2.55 bits per heavy atom. The molecule has 0 aliphatic rings. The molecule has 4 aromatic rings. The highest BCUT2D eigenvalue weighted by molar-refractivity contribution is 5.99. The van der Waals surface area contributed by atoms with Crippen molar-refractivity contribution < 1.29 is 14.3 Å². The lowest BCUT2D eigenvalue weighted by atomic mass is 10.0. The largest absolute Gasteiger partial charge is 0.364 e. The van der Waals surface area contributed by atoms with Crippen molar-refractivity contribution in [2.24, 2.45) is 0 Å². The number of benzene rings is 1. The molecule has 3 aromatic heterocycles. The van der Waals surface area contributed by atoms with E-state index in [1.165, 1.54) is 7.11 Å². The number of nitrogens with zero attached hydrogens (tertiary/aromatic N) is 2. The molecular weight excluding hydrogens is 394 g/mol. The van der Waals surface area contributed by atoms with Crippen molar-refractivity contribution in [1.82, 2.24) is 25.6 Å². The minimum Gasteiger partial charge on any atom is -0.364 e. The molecule has 31 heavy (non-hydrogen) atoms. The van der Waals surface area contributed by atoms with Crippen LogP contribution in [0.15, 0.2) is 67.1 Å². The number of methoxy groups -OCH3 is 1. The number of pyridine rings is 2. The van der Waals surface area contributed by atoms with Gasteiger partial charge in [-0.1, -0.05) is 6.07 Å². The Kier molecular flexibility index (Phi) is 6.00. The number of amides is 2. The number of fused-ring (bicyclic) bond motifs is 1. The van der Waals surface area contributed by atoms with E-state index in [0.717, 1.165) is 27.6 Å². The summed E-state index contributed by atoms with van der Waals surface area (Å²) >= 11 is 0. The molecule has 0 atom stereocenters. The van der Waals surface area contributed by atoms with Gasteiger partial charge in [0.25, 0.3) is 11.8 Å². The molecule has 0 aliphatic heterocycles. The van der Waals surface area contributed by atoms with E-state index in [-0.39, 0.29) is 18.5 Å². The van der Waals surface area contributed by atoms with E-state index >= 15 is 0 Å². The van der Waals surface area contributed by atoms with Crippen LogP contribution in [0, 0.1) is 0 Å². The van der Waals surface area contributed by atoms with Gasteiger partial charge in [0.1, 0.15) is 18.1 Å². The van der Waals surface area contributed by atoms with E-state index in [0.29, 0.717) is 17.9 Å². The molecule has 0 aliphatic carbocycles. The minimum atomic E-state index is -0.251. The lowest BCUT2D eigenvalue weighted by molar-refractivity contribution is 0.0867. The van der Waals surface area contributed by atoms with E-state index in [4.69, 9.17) is 4.74 Å². The number of ether oxygens (including phenoxy) is 1. The third-order valence-corrected chi connectivity index (χ3v) is 4.77. The van der Waals surface area contributed by atoms with Crippen LogP contribution in [0.3, 0.4) is 0 Å². The van der Waals surface area contributed by atoms with Gasteiger partial charge in [-0.05, 0) is 59.2 Å². The Morgan fingerprint density at radius 1 is 0.935 bits per heavy atom. The number of carbonyl (C=O) groups excluding carboxylic acids is 2. The average Bonchev–Trinajstić information content (AvgIpc) is 3.25. The number of hydrogen-bond donors (Lipinski definition) is 3. The summed E-state index contributed by atoms with van der Waals surface area (Å²) in [7, 11) is 1.51. The molecule has 4 rings (SSSR count). The van der Waals surface area contributed by atoms with Crippen molar-refractivity contribution in [3.63, 3.8) is 0 Å². The first kappa shape index (κ1) is 20.2. The fourth-order valence-electron chi connectivity index (χ4n) is 3.18. The van der Waals surface area contributed by atoms with Gasteiger partial charge in [-0.15, -0.1) is 0 Å². The molecule has 0 unspecified atom stereocenters. The zero-order chi connectivity index (χ0) is 21.6. The highest BCUT2D eigenvalue weighted by atomic mass is 16.5. The topological polar surface area (TPSA) is 109 Å². The first-order valence-corrected chi connectivity index (χ1v) is 9.67. The molecular formula is C23H21N5O3. The summed E-state index contributed by atoms with van der Waals surface area (Å²) in [5, 5.41) is 6.41. The van der Waals surface area contributed by atoms with Crippen LogP contribution in [0.1, 0.15) is 26.5 Å². The molecule has 0 bridgehead atoms. The van der Waals surface area contributed by atoms with E-state index < -0.39 is 0 Å². The number of H-pyrrole nitrogens is 1. The molecule has 2 amide bonds. The Morgan fingerprint density at radius 2 is 1.74 bits per heavy atom. The molecule has 3 heterocycles. The maximum absolute atomic E-state index is 12.5. The zero-order valence-corrected chi connectivity index (χ0v) is 16.9. The standard InChI is InChI=1S/C23H21N5O3/c1-31-14-27-23(30)21-12-18-10-16(2-3-19(18)28-21)17-6-9-25-20(11-17)22(29)26-13-15-4-7-24-8-5-15/h2-12,28H,13-14H2,1H3,(H,26,29)(H,27,30). The summed E-state index contributed by atoms with van der Waals surface area (Å²) < 4.78 is 4.87. The van der Waals surface area contributed by atoms with Crippen LogP contribution in [-0.4, -0.2) is 40.6 Å². The van der Waals surface area contributed by atoms with E-state index in [9.17, 15) is 9.59 Å². The van der Waals surface area contributed by atoms with Crippen LogP contribution in [0.5, 0.6) is 0 Å². The van der Waals surface area contributed by atoms with E-state index in [1.807, 2.05) is 36.4 Å². The van der Waals surface area contributed by atoms with Gasteiger partial charge in [0.15, 0.2) is 0 Å². The molecule has 0 saturated carbocycles. The number of nitrogens with one attached hydrogen (secondary N) is 3. The molecule has 0 saturated heterocycles. The maximum Gasteiger partial charge on any atom is 0.270 e. The highest BCUT2D eigenvalue weighted by Gasteiger charge is 2.12. The van der Waals surface area contributed by atoms with Gasteiger partial charge < -0.3 is 20.4 Å². The van der Waals surface area contributed by atoms with Crippen LogP contribution in [-0.2, 0) is 11.3 Å². The quantitative estimate of drug-likeness (QED) is 0.402. The maximum atomic E-state index is 12.5. The number of rotatable bonds is 7. The Labute approximate surface area is 178 Å². The second kappa shape index (κ2) is 9.19. The lowest BCUT2D eigenvalue weighted by Gasteiger charge is -2.07. The fourth-order valence-corrected chi connectivity index (χ4v) is 3.18. The van der Waals surface area contributed by atoms with Crippen LogP contribution in [0.2, 0.25) is 0 Å². The summed E-state index contributed by atoms with van der Waals surface area (Å²) in [6.45, 7) is 0.541. The van der Waals surface area contributed by atoms with Crippen LogP contribution in [0.25, 0.3) is 22.0 Å². The molecule has 1 aromatic carbocycles. The predicted molar refractivity (Wildman–Crippen MR) is 116 cm³/mol. The van der Waals surface area contributed by atoms with Crippen LogP contribution >= 0.6 is 0 Å². The molecule has 0 spiro atoms. The second-order valence-corrected chi connectivity index (χ2v) is 6.89. The van der Waals surface area contributed by atoms with E-state index in [2.05, 4.69) is 25.6 Å². The van der Waals surface area contributed by atoms with Gasteiger partial charge in [-0.2, -0.15) is 0 Å². The Bertz CT molecular complexity index is 1220. The summed E-state index contributed by atoms with van der Waals surface area (Å²) in [4.78, 5) is 35.9. The summed E-state index contributed by atoms with van der Waals surface area (Å²) in [6, 6.07) is 14.9. The van der Waals surface area contributed by atoms with Gasteiger partial charge in [0.05, 0.1) is 0 Å². The SMILES string of the molecule is COCNC(=O)c1cc2cc(-c3ccnc(C(=O)NCc4ccncc4)c3)ccc2[nH]1. The highest BCUT2D eigenvalue weighted by Crippen LogP contribution is 2.25. The lowest BCUT2D eigenvalue weighted by Crippen LogP contribution is -2.25. The molecule has 0 fully saturated rings. The van der Waals surface area contributed by atoms with Crippen molar-refractivity contribution in [2.75, 3.05) is 13.8 Å². The summed E-state index contributed by atoms with van der Waals surface area (Å²) in [5.74, 6) is -0.491. The van der Waals surface area contributed by atoms with Gasteiger partial charge in [0, 0.05) is 43.1 Å². The molecule has 8 nitrogen and oxygen atoms in total. The monoisotopic (exact) mass is 415 g/mol. The van der Waals surface area contributed by atoms with Crippen molar-refractivity contribution in [3.05, 3.63) is 84.1 Å². The van der Waals surface area contributed by atoms with Gasteiger partial charge in [0.2, 0.25) is 0 Å². The molecule has 0 radical (unpaired) electrons. The zero-order valence-electron chi connectivity index (χ0n) is 16.9. The third-order valence-electron chi connectivity index (χ3n) is 4.77. The number of aromatic nitrogens is 3. The van der Waals surface area contributed by atoms with Crippen molar-refractivity contribution in [3.8, 4) is 11.1 Å². The number of aromatic amines is 1.